The number of carbonyl (C=O) groups excluding carboxylic acids is 2. The molecule has 3 rings (SSSR count). The van der Waals surface area contributed by atoms with Gasteiger partial charge in [-0.05, 0) is 23.8 Å². The van der Waals surface area contributed by atoms with Crippen LogP contribution in [0.25, 0.3) is 0 Å². The van der Waals surface area contributed by atoms with Crippen molar-refractivity contribution in [1.29, 1.82) is 5.26 Å². The average Bonchev–Trinajstić information content (AvgIpc) is 2.83. The molecule has 1 atom stereocenters. The van der Waals surface area contributed by atoms with Gasteiger partial charge in [0.15, 0.2) is 5.75 Å². The quantitative estimate of drug-likeness (QED) is 0.601. The number of nitrogens with two attached hydrogens (primary N) is 1. The standard InChI is InChI=1S/C23H17ClF3N3O5/c1-33-21(31)18-17(12-6-4-3-5-7-12)14(11-28)20(29)30(19(18)22(32)34-2)15-10-13(24)8-9-16(15)35-23(25,26)27/h3-10,17H,29H2,1-2H3. The van der Waals surface area contributed by atoms with E-state index in [0.29, 0.717) is 5.56 Å². The second-order valence-electron chi connectivity index (χ2n) is 7.00. The number of rotatable bonds is 5. The van der Waals surface area contributed by atoms with Crippen molar-refractivity contribution < 1.29 is 37.0 Å². The number of ether oxygens (including phenoxy) is 3. The van der Waals surface area contributed by atoms with Crippen LogP contribution in [0, 0.1) is 11.3 Å². The van der Waals surface area contributed by atoms with Gasteiger partial charge in [0.25, 0.3) is 0 Å². The van der Waals surface area contributed by atoms with Crippen LogP contribution in [0.5, 0.6) is 5.75 Å². The fourth-order valence-electron chi connectivity index (χ4n) is 3.64. The van der Waals surface area contributed by atoms with Gasteiger partial charge in [-0.1, -0.05) is 41.9 Å². The molecule has 35 heavy (non-hydrogen) atoms. The zero-order valence-corrected chi connectivity index (χ0v) is 19.0. The van der Waals surface area contributed by atoms with Crippen LogP contribution >= 0.6 is 11.6 Å². The monoisotopic (exact) mass is 507 g/mol. The first kappa shape index (κ1) is 25.5. The SMILES string of the molecule is COC(=O)C1=C(C(=O)OC)N(c2cc(Cl)ccc2OC(F)(F)F)C(N)=C(C#N)C1c1ccccc1. The number of esters is 2. The van der Waals surface area contributed by atoms with Gasteiger partial charge in [-0.2, -0.15) is 5.26 Å². The molecule has 1 aliphatic rings. The molecule has 0 fully saturated rings. The molecule has 0 saturated carbocycles. The Bertz CT molecular complexity index is 1270. The summed E-state index contributed by atoms with van der Waals surface area (Å²) in [5, 5.41) is 9.93. The number of benzene rings is 2. The van der Waals surface area contributed by atoms with Crippen LogP contribution in [0.1, 0.15) is 11.5 Å². The number of anilines is 1. The van der Waals surface area contributed by atoms with E-state index in [4.69, 9.17) is 26.8 Å². The predicted octanol–water partition coefficient (Wildman–Crippen LogP) is 4.14. The summed E-state index contributed by atoms with van der Waals surface area (Å²) in [5.74, 6) is -4.60. The number of allylic oxidation sites excluding steroid dienone is 1. The number of hydrogen-bond donors (Lipinski definition) is 1. The molecule has 12 heteroatoms. The van der Waals surface area contributed by atoms with Crippen LogP contribution in [0.2, 0.25) is 5.02 Å². The highest BCUT2D eigenvalue weighted by Crippen LogP contribution is 2.46. The molecule has 0 spiro atoms. The maximum atomic E-state index is 13.1. The van der Waals surface area contributed by atoms with Crippen molar-refractivity contribution in [2.75, 3.05) is 19.1 Å². The lowest BCUT2D eigenvalue weighted by Gasteiger charge is -2.36. The highest BCUT2D eigenvalue weighted by Gasteiger charge is 2.44. The summed E-state index contributed by atoms with van der Waals surface area (Å²) < 4.78 is 53.2. The van der Waals surface area contributed by atoms with Gasteiger partial charge in [-0.15, -0.1) is 13.2 Å². The van der Waals surface area contributed by atoms with Crippen molar-refractivity contribution in [3.8, 4) is 11.8 Å². The van der Waals surface area contributed by atoms with E-state index >= 15 is 0 Å². The van der Waals surface area contributed by atoms with E-state index in [-0.39, 0.29) is 16.2 Å². The Hall–Kier alpha value is -4.17. The molecular formula is C23H17ClF3N3O5. The summed E-state index contributed by atoms with van der Waals surface area (Å²) in [4.78, 5) is 26.7. The van der Waals surface area contributed by atoms with E-state index < -0.39 is 47.2 Å². The number of carbonyl (C=O) groups is 2. The average molecular weight is 508 g/mol. The van der Waals surface area contributed by atoms with Gasteiger partial charge in [0.1, 0.15) is 11.5 Å². The number of alkyl halides is 3. The molecule has 1 aliphatic heterocycles. The van der Waals surface area contributed by atoms with E-state index in [9.17, 15) is 28.0 Å². The van der Waals surface area contributed by atoms with Crippen LogP contribution < -0.4 is 15.4 Å². The molecule has 1 heterocycles. The second kappa shape index (κ2) is 9.99. The summed E-state index contributed by atoms with van der Waals surface area (Å²) in [6.07, 6.45) is -5.12. The highest BCUT2D eigenvalue weighted by atomic mass is 35.5. The van der Waals surface area contributed by atoms with Gasteiger partial charge in [0.05, 0.1) is 43.0 Å². The van der Waals surface area contributed by atoms with E-state index in [1.165, 1.54) is 0 Å². The predicted molar refractivity (Wildman–Crippen MR) is 118 cm³/mol. The van der Waals surface area contributed by atoms with E-state index in [1.54, 1.807) is 30.3 Å². The van der Waals surface area contributed by atoms with Gasteiger partial charge in [-0.3, -0.25) is 4.90 Å². The van der Waals surface area contributed by atoms with E-state index in [0.717, 1.165) is 37.3 Å². The Balaban J connectivity index is 2.45. The molecule has 2 N–H and O–H groups in total. The number of nitriles is 1. The smallest absolute Gasteiger partial charge is 0.466 e. The molecular weight excluding hydrogens is 491 g/mol. The third-order valence-corrected chi connectivity index (χ3v) is 5.23. The first-order valence-electron chi connectivity index (χ1n) is 9.75. The third kappa shape index (κ3) is 5.02. The molecule has 2 aromatic rings. The number of methoxy groups -OCH3 is 2. The maximum Gasteiger partial charge on any atom is 0.573 e. The summed E-state index contributed by atoms with van der Waals surface area (Å²) in [7, 11) is 2.05. The summed E-state index contributed by atoms with van der Waals surface area (Å²) in [6, 6.07) is 13.1. The lowest BCUT2D eigenvalue weighted by Crippen LogP contribution is -2.41. The third-order valence-electron chi connectivity index (χ3n) is 5.00. The van der Waals surface area contributed by atoms with Crippen molar-refractivity contribution in [2.24, 2.45) is 5.73 Å². The largest absolute Gasteiger partial charge is 0.573 e. The van der Waals surface area contributed by atoms with Crippen LogP contribution in [0.4, 0.5) is 18.9 Å². The summed E-state index contributed by atoms with van der Waals surface area (Å²) >= 11 is 6.03. The maximum absolute atomic E-state index is 13.1. The fourth-order valence-corrected chi connectivity index (χ4v) is 3.81. The number of nitrogens with zero attached hydrogens (tertiary/aromatic N) is 2. The molecule has 0 amide bonds. The summed E-state index contributed by atoms with van der Waals surface area (Å²) in [5.41, 5.74) is 5.02. The zero-order valence-electron chi connectivity index (χ0n) is 18.2. The lowest BCUT2D eigenvalue weighted by molar-refractivity contribution is -0.274. The van der Waals surface area contributed by atoms with Crippen molar-refractivity contribution in [3.05, 3.63) is 81.8 Å². The zero-order chi connectivity index (χ0) is 25.9. The van der Waals surface area contributed by atoms with E-state index in [2.05, 4.69) is 4.74 Å². The Labute approximate surface area is 202 Å². The Morgan fingerprint density at radius 1 is 1.09 bits per heavy atom. The molecule has 0 saturated heterocycles. The molecule has 0 aromatic heterocycles. The van der Waals surface area contributed by atoms with E-state index in [1.807, 2.05) is 6.07 Å². The second-order valence-corrected chi connectivity index (χ2v) is 7.43. The molecule has 0 bridgehead atoms. The Morgan fingerprint density at radius 2 is 1.71 bits per heavy atom. The minimum atomic E-state index is -5.12. The molecule has 2 aromatic carbocycles. The number of halogens is 4. The topological polar surface area (TPSA) is 115 Å². The molecule has 182 valence electrons. The molecule has 1 unspecified atom stereocenters. The van der Waals surface area contributed by atoms with Crippen molar-refractivity contribution in [3.63, 3.8) is 0 Å². The van der Waals surface area contributed by atoms with Crippen LogP contribution in [0.3, 0.4) is 0 Å². The Morgan fingerprint density at radius 3 is 2.26 bits per heavy atom. The van der Waals surface area contributed by atoms with Gasteiger partial charge in [0.2, 0.25) is 0 Å². The minimum absolute atomic E-state index is 0.0464. The van der Waals surface area contributed by atoms with Crippen molar-refractivity contribution >= 4 is 29.2 Å². The lowest BCUT2D eigenvalue weighted by atomic mass is 9.81. The first-order chi connectivity index (χ1) is 16.5. The van der Waals surface area contributed by atoms with Crippen LogP contribution in [0.15, 0.2) is 71.2 Å². The minimum Gasteiger partial charge on any atom is -0.466 e. The number of hydrogen-bond acceptors (Lipinski definition) is 8. The van der Waals surface area contributed by atoms with Gasteiger partial charge in [-0.25, -0.2) is 9.59 Å². The molecule has 8 nitrogen and oxygen atoms in total. The van der Waals surface area contributed by atoms with Crippen molar-refractivity contribution in [1.82, 2.24) is 0 Å². The molecule has 0 aliphatic carbocycles. The highest BCUT2D eigenvalue weighted by molar-refractivity contribution is 6.31. The van der Waals surface area contributed by atoms with Gasteiger partial charge >= 0.3 is 18.3 Å². The molecule has 0 radical (unpaired) electrons. The van der Waals surface area contributed by atoms with Crippen molar-refractivity contribution in [2.45, 2.75) is 12.3 Å². The van der Waals surface area contributed by atoms with Crippen LogP contribution in [-0.4, -0.2) is 32.5 Å². The van der Waals surface area contributed by atoms with Gasteiger partial charge in [0, 0.05) is 5.02 Å². The fraction of sp³-hybridized carbons (Fsp3) is 0.174. The Kier molecular flexibility index (Phi) is 7.26. The van der Waals surface area contributed by atoms with Gasteiger partial charge < -0.3 is 19.9 Å². The summed E-state index contributed by atoms with van der Waals surface area (Å²) in [6.45, 7) is 0. The normalized spacial score (nSPS) is 16.0. The first-order valence-corrected chi connectivity index (χ1v) is 10.1. The van der Waals surface area contributed by atoms with Crippen LogP contribution in [-0.2, 0) is 19.1 Å².